The van der Waals surface area contributed by atoms with Crippen LogP contribution in [-0.4, -0.2) is 5.38 Å². The molecule has 0 nitrogen and oxygen atoms in total. The van der Waals surface area contributed by atoms with Crippen molar-refractivity contribution in [3.8, 4) is 0 Å². The minimum Gasteiger partial charge on any atom is -0.123 e. The number of aryl methyl sites for hydroxylation is 2. The Morgan fingerprint density at radius 2 is 2.00 bits per heavy atom. The lowest BCUT2D eigenvalue weighted by Gasteiger charge is -2.31. The Morgan fingerprint density at radius 1 is 1.24 bits per heavy atom. The van der Waals surface area contributed by atoms with Crippen molar-refractivity contribution in [1.82, 2.24) is 0 Å². The van der Waals surface area contributed by atoms with Crippen LogP contribution in [0.5, 0.6) is 0 Å². The van der Waals surface area contributed by atoms with Crippen LogP contribution in [0.1, 0.15) is 42.9 Å². The topological polar surface area (TPSA) is 0 Å². The summed E-state index contributed by atoms with van der Waals surface area (Å²) >= 11 is 6.49. The van der Waals surface area contributed by atoms with Gasteiger partial charge >= 0.3 is 0 Å². The molecule has 0 amide bonds. The van der Waals surface area contributed by atoms with E-state index in [1.54, 1.807) is 0 Å². The molecule has 1 heteroatoms. The summed E-state index contributed by atoms with van der Waals surface area (Å²) in [4.78, 5) is 0. The van der Waals surface area contributed by atoms with Gasteiger partial charge in [-0.2, -0.15) is 0 Å². The zero-order valence-electron chi connectivity index (χ0n) is 11.2. The zero-order chi connectivity index (χ0) is 12.4. The summed E-state index contributed by atoms with van der Waals surface area (Å²) in [6, 6.07) is 6.76. The van der Waals surface area contributed by atoms with Crippen molar-refractivity contribution in [2.45, 2.75) is 51.8 Å². The fourth-order valence-electron chi connectivity index (χ4n) is 2.98. The van der Waals surface area contributed by atoms with Gasteiger partial charge in [-0.15, -0.1) is 11.6 Å². The van der Waals surface area contributed by atoms with Gasteiger partial charge in [0.1, 0.15) is 0 Å². The van der Waals surface area contributed by atoms with Crippen molar-refractivity contribution in [1.29, 1.82) is 0 Å². The maximum atomic E-state index is 6.49. The first kappa shape index (κ1) is 13.0. The molecule has 1 aliphatic carbocycles. The summed E-state index contributed by atoms with van der Waals surface area (Å²) in [7, 11) is 0. The molecule has 94 valence electrons. The first-order valence-corrected chi connectivity index (χ1v) is 7.20. The summed E-state index contributed by atoms with van der Waals surface area (Å²) in [6.07, 6.45) is 4.95. The van der Waals surface area contributed by atoms with E-state index in [1.807, 2.05) is 0 Å². The average Bonchev–Trinajstić information content (AvgIpc) is 2.28. The molecule has 0 heterocycles. The lowest BCUT2D eigenvalue weighted by atomic mass is 9.78. The fraction of sp³-hybridized carbons (Fsp3) is 0.625. The second kappa shape index (κ2) is 5.44. The Morgan fingerprint density at radius 3 is 2.76 bits per heavy atom. The van der Waals surface area contributed by atoms with Crippen LogP contribution in [0.2, 0.25) is 0 Å². The molecular formula is C16H23Cl. The third-order valence-electron chi connectivity index (χ3n) is 4.14. The van der Waals surface area contributed by atoms with E-state index in [2.05, 4.69) is 39.0 Å². The SMILES string of the molecule is Cc1ccc(C)c(CC2CC(C)CCC2Cl)c1. The van der Waals surface area contributed by atoms with Crippen LogP contribution < -0.4 is 0 Å². The van der Waals surface area contributed by atoms with Crippen LogP contribution >= 0.6 is 11.6 Å². The molecular weight excluding hydrogens is 228 g/mol. The predicted octanol–water partition coefficient (Wildman–Crippen LogP) is 4.89. The van der Waals surface area contributed by atoms with E-state index >= 15 is 0 Å². The first-order valence-electron chi connectivity index (χ1n) is 6.76. The molecule has 0 spiro atoms. The van der Waals surface area contributed by atoms with Crippen molar-refractivity contribution in [2.24, 2.45) is 11.8 Å². The van der Waals surface area contributed by atoms with E-state index in [1.165, 1.54) is 36.0 Å². The molecule has 0 aliphatic heterocycles. The normalized spacial score (nSPS) is 29.3. The van der Waals surface area contributed by atoms with Gasteiger partial charge in [0.05, 0.1) is 0 Å². The zero-order valence-corrected chi connectivity index (χ0v) is 11.9. The van der Waals surface area contributed by atoms with Gasteiger partial charge in [-0.25, -0.2) is 0 Å². The predicted molar refractivity (Wildman–Crippen MR) is 75.8 cm³/mol. The Bertz CT molecular complexity index is 383. The largest absolute Gasteiger partial charge is 0.123 e. The van der Waals surface area contributed by atoms with Gasteiger partial charge in [-0.1, -0.05) is 30.7 Å². The van der Waals surface area contributed by atoms with Crippen molar-refractivity contribution >= 4 is 11.6 Å². The van der Waals surface area contributed by atoms with E-state index in [-0.39, 0.29) is 0 Å². The van der Waals surface area contributed by atoms with E-state index < -0.39 is 0 Å². The van der Waals surface area contributed by atoms with Crippen molar-refractivity contribution in [2.75, 3.05) is 0 Å². The van der Waals surface area contributed by atoms with Crippen LogP contribution in [0.15, 0.2) is 18.2 Å². The molecule has 1 aromatic carbocycles. The van der Waals surface area contributed by atoms with Gasteiger partial charge in [-0.05, 0) is 62.5 Å². The monoisotopic (exact) mass is 250 g/mol. The van der Waals surface area contributed by atoms with E-state index in [9.17, 15) is 0 Å². The second-order valence-electron chi connectivity index (χ2n) is 5.83. The average molecular weight is 251 g/mol. The Labute approximate surface area is 110 Å². The highest BCUT2D eigenvalue weighted by Gasteiger charge is 2.27. The maximum Gasteiger partial charge on any atom is 0.0367 e. The third-order valence-corrected chi connectivity index (χ3v) is 4.71. The molecule has 1 aliphatic rings. The molecule has 3 unspecified atom stereocenters. The van der Waals surface area contributed by atoms with Crippen molar-refractivity contribution in [3.63, 3.8) is 0 Å². The molecule has 0 bridgehead atoms. The Hall–Kier alpha value is -0.490. The fourth-order valence-corrected chi connectivity index (χ4v) is 3.29. The number of halogens is 1. The van der Waals surface area contributed by atoms with Gasteiger partial charge in [0.2, 0.25) is 0 Å². The molecule has 2 rings (SSSR count). The Balaban J connectivity index is 2.11. The van der Waals surface area contributed by atoms with Gasteiger partial charge in [0.25, 0.3) is 0 Å². The minimum absolute atomic E-state index is 0.381. The van der Waals surface area contributed by atoms with E-state index in [0.717, 1.165) is 12.3 Å². The third kappa shape index (κ3) is 3.25. The molecule has 0 N–H and O–H groups in total. The van der Waals surface area contributed by atoms with Crippen LogP contribution in [0.25, 0.3) is 0 Å². The van der Waals surface area contributed by atoms with Crippen molar-refractivity contribution in [3.05, 3.63) is 34.9 Å². The molecule has 0 saturated heterocycles. The number of alkyl halides is 1. The molecule has 1 saturated carbocycles. The summed E-state index contributed by atoms with van der Waals surface area (Å²) in [5.41, 5.74) is 4.27. The summed E-state index contributed by atoms with van der Waals surface area (Å²) < 4.78 is 0. The van der Waals surface area contributed by atoms with Crippen LogP contribution in [-0.2, 0) is 6.42 Å². The number of benzene rings is 1. The number of rotatable bonds is 2. The van der Waals surface area contributed by atoms with Crippen LogP contribution in [0, 0.1) is 25.7 Å². The molecule has 0 aromatic heterocycles. The van der Waals surface area contributed by atoms with Gasteiger partial charge in [0, 0.05) is 5.38 Å². The van der Waals surface area contributed by atoms with Crippen molar-refractivity contribution < 1.29 is 0 Å². The second-order valence-corrected chi connectivity index (χ2v) is 6.39. The molecule has 17 heavy (non-hydrogen) atoms. The molecule has 1 aromatic rings. The molecule has 1 fully saturated rings. The molecule has 0 radical (unpaired) electrons. The molecule has 3 atom stereocenters. The van der Waals surface area contributed by atoms with Crippen LogP contribution in [0.4, 0.5) is 0 Å². The van der Waals surface area contributed by atoms with Gasteiger partial charge < -0.3 is 0 Å². The smallest absolute Gasteiger partial charge is 0.0367 e. The summed E-state index contributed by atoms with van der Waals surface area (Å²) in [5, 5.41) is 0.381. The minimum atomic E-state index is 0.381. The van der Waals surface area contributed by atoms with Gasteiger partial charge in [-0.3, -0.25) is 0 Å². The standard InChI is InChI=1S/C16H23Cl/c1-11-4-6-13(3)14(8-11)10-15-9-12(2)5-7-16(15)17/h4,6,8,12,15-16H,5,7,9-10H2,1-3H3. The summed E-state index contributed by atoms with van der Waals surface area (Å²) in [6.45, 7) is 6.74. The number of hydrogen-bond donors (Lipinski definition) is 0. The maximum absolute atomic E-state index is 6.49. The Kier molecular flexibility index (Phi) is 4.14. The highest BCUT2D eigenvalue weighted by molar-refractivity contribution is 6.20. The highest BCUT2D eigenvalue weighted by Crippen LogP contribution is 2.35. The highest BCUT2D eigenvalue weighted by atomic mass is 35.5. The lowest BCUT2D eigenvalue weighted by molar-refractivity contribution is 0.287. The number of hydrogen-bond acceptors (Lipinski definition) is 0. The first-order chi connectivity index (χ1) is 8.06. The van der Waals surface area contributed by atoms with E-state index in [0.29, 0.717) is 11.3 Å². The van der Waals surface area contributed by atoms with Gasteiger partial charge in [0.15, 0.2) is 0 Å². The quantitative estimate of drug-likeness (QED) is 0.656. The lowest BCUT2D eigenvalue weighted by Crippen LogP contribution is -2.26. The summed E-state index contributed by atoms with van der Waals surface area (Å²) in [5.74, 6) is 1.51. The van der Waals surface area contributed by atoms with Crippen LogP contribution in [0.3, 0.4) is 0 Å². The van der Waals surface area contributed by atoms with E-state index in [4.69, 9.17) is 11.6 Å².